The van der Waals surface area contributed by atoms with Crippen LogP contribution in [0.1, 0.15) is 31.4 Å². The molecule has 2 aliphatic heterocycles. The first-order chi connectivity index (χ1) is 19.3. The zero-order valence-electron chi connectivity index (χ0n) is 23.3. The molecule has 1 fully saturated rings. The number of benzene rings is 2. The zero-order valence-corrected chi connectivity index (χ0v) is 23.3. The van der Waals surface area contributed by atoms with Gasteiger partial charge in [0, 0.05) is 49.1 Å². The summed E-state index contributed by atoms with van der Waals surface area (Å²) in [5, 5.41) is 25.1. The van der Waals surface area contributed by atoms with Gasteiger partial charge in [0.2, 0.25) is 0 Å². The predicted molar refractivity (Wildman–Crippen MR) is 148 cm³/mol. The van der Waals surface area contributed by atoms with Gasteiger partial charge < -0.3 is 29.5 Å². The van der Waals surface area contributed by atoms with Crippen molar-refractivity contribution in [3.8, 4) is 28.4 Å². The molecule has 3 heterocycles. The maximum absolute atomic E-state index is 14.4. The summed E-state index contributed by atoms with van der Waals surface area (Å²) in [4.78, 5) is 17.5. The first-order valence-electron chi connectivity index (χ1n) is 13.3. The lowest BCUT2D eigenvalue weighted by Crippen LogP contribution is -2.40. The molecule has 41 heavy (non-hydrogen) atoms. The largest absolute Gasteiger partial charge is 0.497 e. The minimum atomic E-state index is -4.77. The Kier molecular flexibility index (Phi) is 7.41. The Morgan fingerprint density at radius 1 is 1.05 bits per heavy atom. The van der Waals surface area contributed by atoms with E-state index in [2.05, 4.69) is 5.10 Å². The van der Waals surface area contributed by atoms with Gasteiger partial charge in [-0.25, -0.2) is 0 Å². The second-order valence-electron chi connectivity index (χ2n) is 11.1. The van der Waals surface area contributed by atoms with E-state index >= 15 is 0 Å². The van der Waals surface area contributed by atoms with Gasteiger partial charge in [0.25, 0.3) is 5.56 Å². The van der Waals surface area contributed by atoms with Gasteiger partial charge in [-0.1, -0.05) is 0 Å². The van der Waals surface area contributed by atoms with Crippen molar-refractivity contribution < 1.29 is 32.9 Å². The lowest BCUT2D eigenvalue weighted by molar-refractivity contribution is -0.137. The third kappa shape index (κ3) is 5.71. The number of fused-ring (bicyclic) bond motifs is 1. The normalized spacial score (nSPS) is 17.2. The first-order valence-corrected chi connectivity index (χ1v) is 13.3. The topological polar surface area (TPSA) is 100 Å². The third-order valence-corrected chi connectivity index (χ3v) is 7.36. The van der Waals surface area contributed by atoms with E-state index in [1.807, 2.05) is 0 Å². The van der Waals surface area contributed by atoms with Crippen molar-refractivity contribution >= 4 is 11.4 Å². The van der Waals surface area contributed by atoms with Gasteiger partial charge >= 0.3 is 6.18 Å². The summed E-state index contributed by atoms with van der Waals surface area (Å²) in [5.74, 6) is 0.897. The van der Waals surface area contributed by atoms with Crippen LogP contribution in [0.5, 0.6) is 11.5 Å². The molecule has 2 N–H and O–H groups in total. The fourth-order valence-corrected chi connectivity index (χ4v) is 5.54. The summed E-state index contributed by atoms with van der Waals surface area (Å²) in [6, 6.07) is 8.62. The Labute approximate surface area is 235 Å². The van der Waals surface area contributed by atoms with Crippen molar-refractivity contribution in [2.45, 2.75) is 44.6 Å². The van der Waals surface area contributed by atoms with Gasteiger partial charge in [-0.3, -0.25) is 4.79 Å². The Morgan fingerprint density at radius 3 is 2.29 bits per heavy atom. The molecule has 5 rings (SSSR count). The number of nitrogens with zero attached hydrogens (tertiary/aromatic N) is 4. The maximum Gasteiger partial charge on any atom is 0.418 e. The summed E-state index contributed by atoms with van der Waals surface area (Å²) >= 11 is 0. The highest BCUT2D eigenvalue weighted by Gasteiger charge is 2.37. The van der Waals surface area contributed by atoms with Crippen LogP contribution in [0.15, 0.2) is 41.2 Å². The van der Waals surface area contributed by atoms with Crippen LogP contribution < -0.4 is 24.8 Å². The fraction of sp³-hybridized carbons (Fsp3) is 0.448. The van der Waals surface area contributed by atoms with Gasteiger partial charge in [-0.2, -0.15) is 23.0 Å². The molecule has 1 aromatic heterocycles. The summed E-state index contributed by atoms with van der Waals surface area (Å²) in [5.41, 5.74) is -1.32. The van der Waals surface area contributed by atoms with Gasteiger partial charge in [0.05, 0.1) is 42.9 Å². The SMILES string of the molecule is COc1cc(OC)cc(-c2nn(-c3cc(N4CCC(O)C4)ccc3C(F)(F)F)c(=O)c3c2CCN3CC(C)(C)O)c1. The van der Waals surface area contributed by atoms with Crippen molar-refractivity contribution in [1.82, 2.24) is 9.78 Å². The van der Waals surface area contributed by atoms with E-state index in [1.54, 1.807) is 41.8 Å². The number of aliphatic hydroxyl groups is 2. The third-order valence-electron chi connectivity index (χ3n) is 7.36. The van der Waals surface area contributed by atoms with Crippen molar-refractivity contribution in [2.24, 2.45) is 0 Å². The van der Waals surface area contributed by atoms with E-state index < -0.39 is 34.7 Å². The smallest absolute Gasteiger partial charge is 0.418 e. The van der Waals surface area contributed by atoms with E-state index in [0.717, 1.165) is 10.7 Å². The van der Waals surface area contributed by atoms with Crippen molar-refractivity contribution in [2.75, 3.05) is 50.2 Å². The first kappa shape index (κ1) is 28.7. The fourth-order valence-electron chi connectivity index (χ4n) is 5.54. The minimum Gasteiger partial charge on any atom is -0.497 e. The van der Waals surface area contributed by atoms with E-state index in [1.165, 1.54) is 26.4 Å². The number of aromatic nitrogens is 2. The van der Waals surface area contributed by atoms with Crippen LogP contribution in [0.4, 0.5) is 24.5 Å². The number of alkyl halides is 3. The quantitative estimate of drug-likeness (QED) is 0.442. The molecule has 2 aromatic carbocycles. The molecule has 0 spiro atoms. The summed E-state index contributed by atoms with van der Waals surface area (Å²) < 4.78 is 54.7. The van der Waals surface area contributed by atoms with Crippen LogP contribution in [0.3, 0.4) is 0 Å². The van der Waals surface area contributed by atoms with E-state index in [9.17, 15) is 28.2 Å². The highest BCUT2D eigenvalue weighted by atomic mass is 19.4. The molecule has 9 nitrogen and oxygen atoms in total. The lowest BCUT2D eigenvalue weighted by Gasteiger charge is -2.27. The zero-order chi connectivity index (χ0) is 29.7. The van der Waals surface area contributed by atoms with Crippen LogP contribution >= 0.6 is 0 Å². The Balaban J connectivity index is 1.80. The molecule has 2 aliphatic rings. The van der Waals surface area contributed by atoms with Crippen LogP contribution in [-0.2, 0) is 12.6 Å². The number of β-amino-alcohol motifs (C(OH)–C–C–N with tert-alkyl or cyclic N) is 2. The van der Waals surface area contributed by atoms with Crippen LogP contribution in [-0.4, -0.2) is 72.1 Å². The molecule has 1 atom stereocenters. The average molecular weight is 575 g/mol. The van der Waals surface area contributed by atoms with Gasteiger partial charge in [0.15, 0.2) is 0 Å². The van der Waals surface area contributed by atoms with Gasteiger partial charge in [-0.15, -0.1) is 0 Å². The molecule has 1 saturated heterocycles. The van der Waals surface area contributed by atoms with E-state index in [4.69, 9.17) is 9.47 Å². The number of ether oxygens (including phenoxy) is 2. The van der Waals surface area contributed by atoms with Crippen molar-refractivity contribution in [3.63, 3.8) is 0 Å². The van der Waals surface area contributed by atoms with Crippen LogP contribution in [0.25, 0.3) is 16.9 Å². The van der Waals surface area contributed by atoms with Crippen molar-refractivity contribution in [3.05, 3.63) is 57.9 Å². The highest BCUT2D eigenvalue weighted by Crippen LogP contribution is 2.39. The molecule has 12 heteroatoms. The molecule has 0 aliphatic carbocycles. The van der Waals surface area contributed by atoms with E-state index in [0.29, 0.717) is 59.9 Å². The molecule has 1 unspecified atom stereocenters. The van der Waals surface area contributed by atoms with Gasteiger partial charge in [0.1, 0.15) is 17.2 Å². The molecule has 220 valence electrons. The molecule has 0 saturated carbocycles. The number of hydrogen-bond acceptors (Lipinski definition) is 8. The molecular weight excluding hydrogens is 541 g/mol. The standard InChI is InChI=1S/C29H33F3N4O5/c1-28(2,39)16-35-10-8-22-25(17-11-20(40-3)14-21(12-17)41-4)33-36(27(38)26(22)35)24-13-18(34-9-7-19(37)15-34)5-6-23(24)29(30,31)32/h5-6,11-14,19,37,39H,7-10,15-16H2,1-4H3. The van der Waals surface area contributed by atoms with Crippen LogP contribution in [0, 0.1) is 0 Å². The Bertz CT molecular complexity index is 1490. The van der Waals surface area contributed by atoms with Crippen molar-refractivity contribution in [1.29, 1.82) is 0 Å². The van der Waals surface area contributed by atoms with Gasteiger partial charge in [-0.05, 0) is 57.0 Å². The average Bonchev–Trinajstić information content (AvgIpc) is 3.53. The minimum absolute atomic E-state index is 0.0952. The molecular formula is C29H33F3N4O5. The summed E-state index contributed by atoms with van der Waals surface area (Å²) in [6.07, 6.45) is -4.47. The number of aliphatic hydroxyl groups excluding tert-OH is 1. The Morgan fingerprint density at radius 2 is 1.73 bits per heavy atom. The number of hydrogen-bond donors (Lipinski definition) is 2. The van der Waals surface area contributed by atoms with Crippen LogP contribution in [0.2, 0.25) is 0 Å². The molecule has 3 aromatic rings. The highest BCUT2D eigenvalue weighted by molar-refractivity contribution is 5.75. The summed E-state index contributed by atoms with van der Waals surface area (Å²) in [7, 11) is 2.97. The lowest BCUT2D eigenvalue weighted by atomic mass is 10.0. The summed E-state index contributed by atoms with van der Waals surface area (Å²) in [6.45, 7) is 4.42. The van der Waals surface area contributed by atoms with E-state index in [-0.39, 0.29) is 18.8 Å². The molecule has 0 bridgehead atoms. The number of anilines is 2. The number of rotatable bonds is 7. The second-order valence-corrected chi connectivity index (χ2v) is 11.1. The maximum atomic E-state index is 14.4. The molecule has 0 amide bonds. The number of halogens is 3. The number of methoxy groups -OCH3 is 2. The molecule has 0 radical (unpaired) electrons. The monoisotopic (exact) mass is 574 g/mol. The second kappa shape index (κ2) is 10.6. The predicted octanol–water partition coefficient (Wildman–Crippen LogP) is 3.64. The Hall–Kier alpha value is -3.77.